The minimum absolute atomic E-state index is 0.121. The van der Waals surface area contributed by atoms with Gasteiger partial charge in [-0.25, -0.2) is 0 Å². The van der Waals surface area contributed by atoms with Crippen LogP contribution in [0.15, 0.2) is 60.7 Å². The molecule has 0 aromatic heterocycles. The van der Waals surface area contributed by atoms with Gasteiger partial charge in [-0.05, 0) is 30.5 Å². The van der Waals surface area contributed by atoms with Crippen molar-refractivity contribution in [1.82, 2.24) is 9.80 Å². The van der Waals surface area contributed by atoms with E-state index in [1.807, 2.05) is 36.2 Å². The molecule has 1 atom stereocenters. The smallest absolute Gasteiger partial charge is 0.227 e. The molecule has 1 fully saturated rings. The molecule has 1 saturated heterocycles. The molecule has 3 rings (SSSR count). The van der Waals surface area contributed by atoms with Crippen molar-refractivity contribution in [2.75, 3.05) is 20.1 Å². The first kappa shape index (κ1) is 16.7. The molecule has 0 radical (unpaired) electrons. The Balaban J connectivity index is 1.56. The number of likely N-dealkylation sites (tertiary alicyclic amines) is 1. The minimum Gasteiger partial charge on any atom is -0.341 e. The molecule has 0 aliphatic carbocycles. The average Bonchev–Trinajstić information content (AvgIpc) is 2.63. The normalized spacial score (nSPS) is 18.3. The van der Waals surface area contributed by atoms with Crippen LogP contribution < -0.4 is 0 Å². The second kappa shape index (κ2) is 8.11. The third kappa shape index (κ3) is 4.45. The molecule has 3 nitrogen and oxygen atoms in total. The Morgan fingerprint density at radius 2 is 1.67 bits per heavy atom. The third-order valence-electron chi connectivity index (χ3n) is 4.74. The first-order valence-electron chi connectivity index (χ1n) is 8.77. The van der Waals surface area contributed by atoms with Gasteiger partial charge in [0.15, 0.2) is 0 Å². The number of hydrogen-bond acceptors (Lipinski definition) is 2. The van der Waals surface area contributed by atoms with Gasteiger partial charge in [-0.15, -0.1) is 0 Å². The fourth-order valence-corrected chi connectivity index (χ4v) is 3.49. The van der Waals surface area contributed by atoms with Crippen molar-refractivity contribution in [1.29, 1.82) is 0 Å². The maximum atomic E-state index is 12.8. The zero-order chi connectivity index (χ0) is 16.8. The maximum Gasteiger partial charge on any atom is 0.227 e. The Morgan fingerprint density at radius 1 is 1.04 bits per heavy atom. The first-order valence-corrected chi connectivity index (χ1v) is 8.77. The average molecular weight is 322 g/mol. The van der Waals surface area contributed by atoms with Crippen LogP contribution in [0, 0.1) is 5.92 Å². The molecule has 126 valence electrons. The fourth-order valence-electron chi connectivity index (χ4n) is 3.49. The second-order valence-electron chi connectivity index (χ2n) is 6.74. The molecule has 1 aliphatic heterocycles. The van der Waals surface area contributed by atoms with Gasteiger partial charge in [0.1, 0.15) is 0 Å². The van der Waals surface area contributed by atoms with Gasteiger partial charge in [0.25, 0.3) is 0 Å². The molecule has 24 heavy (non-hydrogen) atoms. The Morgan fingerprint density at radius 3 is 2.33 bits per heavy atom. The first-order chi connectivity index (χ1) is 11.7. The molecule has 3 heteroatoms. The summed E-state index contributed by atoms with van der Waals surface area (Å²) < 4.78 is 0. The van der Waals surface area contributed by atoms with E-state index < -0.39 is 0 Å². The summed E-state index contributed by atoms with van der Waals surface area (Å²) in [5.74, 6) is 0.396. The van der Waals surface area contributed by atoms with Gasteiger partial charge in [0.05, 0.1) is 5.92 Å². The highest BCUT2D eigenvalue weighted by molar-refractivity contribution is 5.78. The van der Waals surface area contributed by atoms with Crippen molar-refractivity contribution in [3.05, 3.63) is 71.8 Å². The van der Waals surface area contributed by atoms with E-state index in [0.717, 1.165) is 32.5 Å². The van der Waals surface area contributed by atoms with Crippen molar-refractivity contribution in [3.8, 4) is 0 Å². The Kier molecular flexibility index (Phi) is 5.65. The van der Waals surface area contributed by atoms with Gasteiger partial charge in [-0.1, -0.05) is 60.7 Å². The van der Waals surface area contributed by atoms with Gasteiger partial charge in [-0.2, -0.15) is 0 Å². The lowest BCUT2D eigenvalue weighted by Crippen LogP contribution is -2.43. The lowest BCUT2D eigenvalue weighted by atomic mass is 9.96. The Bertz CT molecular complexity index is 641. The highest BCUT2D eigenvalue weighted by Gasteiger charge is 2.27. The van der Waals surface area contributed by atoms with Gasteiger partial charge in [-0.3, -0.25) is 9.69 Å². The summed E-state index contributed by atoms with van der Waals surface area (Å²) in [6.07, 6.45) is 2.10. The number of piperidine rings is 1. The highest BCUT2D eigenvalue weighted by atomic mass is 16.2. The van der Waals surface area contributed by atoms with Crippen LogP contribution in [0.3, 0.4) is 0 Å². The Labute approximate surface area is 144 Å². The number of carbonyl (C=O) groups is 1. The van der Waals surface area contributed by atoms with Crippen molar-refractivity contribution in [3.63, 3.8) is 0 Å². The van der Waals surface area contributed by atoms with Crippen LogP contribution in [0.2, 0.25) is 0 Å². The number of benzene rings is 2. The van der Waals surface area contributed by atoms with E-state index in [4.69, 9.17) is 0 Å². The van der Waals surface area contributed by atoms with Crippen LogP contribution in [0.4, 0.5) is 0 Å². The quantitative estimate of drug-likeness (QED) is 0.840. The standard InChI is InChI=1S/C21H26N2O/c1-22(15-18-9-4-2-5-10-18)21(24)20-13-8-14-23(17-20)16-19-11-6-3-7-12-19/h2-7,9-12,20H,8,13-17H2,1H3/t20-/m0/s1. The molecule has 1 amide bonds. The third-order valence-corrected chi connectivity index (χ3v) is 4.74. The second-order valence-corrected chi connectivity index (χ2v) is 6.74. The summed E-state index contributed by atoms with van der Waals surface area (Å²) >= 11 is 0. The van der Waals surface area contributed by atoms with Gasteiger partial charge < -0.3 is 4.90 Å². The molecular weight excluding hydrogens is 296 g/mol. The largest absolute Gasteiger partial charge is 0.341 e. The topological polar surface area (TPSA) is 23.6 Å². The Hall–Kier alpha value is -2.13. The van der Waals surface area contributed by atoms with E-state index in [-0.39, 0.29) is 11.8 Å². The van der Waals surface area contributed by atoms with Crippen LogP contribution in [-0.4, -0.2) is 35.8 Å². The van der Waals surface area contributed by atoms with E-state index >= 15 is 0 Å². The van der Waals surface area contributed by atoms with Crippen LogP contribution in [0.5, 0.6) is 0 Å². The summed E-state index contributed by atoms with van der Waals surface area (Å²) in [6.45, 7) is 3.58. The molecule has 0 N–H and O–H groups in total. The van der Waals surface area contributed by atoms with Crippen LogP contribution in [0.25, 0.3) is 0 Å². The molecule has 0 bridgehead atoms. The summed E-state index contributed by atoms with van der Waals surface area (Å²) in [6, 6.07) is 20.7. The summed E-state index contributed by atoms with van der Waals surface area (Å²) in [4.78, 5) is 17.1. The molecule has 0 saturated carbocycles. The number of rotatable bonds is 5. The zero-order valence-corrected chi connectivity index (χ0v) is 14.4. The van der Waals surface area contributed by atoms with Crippen molar-refractivity contribution in [2.24, 2.45) is 5.92 Å². The molecule has 1 aliphatic rings. The maximum absolute atomic E-state index is 12.8. The summed E-state index contributed by atoms with van der Waals surface area (Å²) in [5, 5.41) is 0. The SMILES string of the molecule is CN(Cc1ccccc1)C(=O)[C@H]1CCCN(Cc2ccccc2)C1. The molecule has 2 aromatic rings. The fraction of sp³-hybridized carbons (Fsp3) is 0.381. The number of nitrogens with zero attached hydrogens (tertiary/aromatic N) is 2. The molecule has 0 spiro atoms. The zero-order valence-electron chi connectivity index (χ0n) is 14.4. The van der Waals surface area contributed by atoms with Crippen LogP contribution in [0.1, 0.15) is 24.0 Å². The number of amides is 1. The van der Waals surface area contributed by atoms with Gasteiger partial charge in [0.2, 0.25) is 5.91 Å². The van der Waals surface area contributed by atoms with E-state index in [9.17, 15) is 4.79 Å². The lowest BCUT2D eigenvalue weighted by molar-refractivity contribution is -0.136. The lowest BCUT2D eigenvalue weighted by Gasteiger charge is -2.34. The molecule has 2 aromatic carbocycles. The minimum atomic E-state index is 0.121. The van der Waals surface area contributed by atoms with E-state index in [1.54, 1.807) is 0 Å². The van der Waals surface area contributed by atoms with E-state index in [1.165, 1.54) is 11.1 Å². The van der Waals surface area contributed by atoms with E-state index in [0.29, 0.717) is 6.54 Å². The van der Waals surface area contributed by atoms with Crippen molar-refractivity contribution >= 4 is 5.91 Å². The predicted molar refractivity (Wildman–Crippen MR) is 97.4 cm³/mol. The number of carbonyl (C=O) groups excluding carboxylic acids is 1. The van der Waals surface area contributed by atoms with Crippen molar-refractivity contribution in [2.45, 2.75) is 25.9 Å². The van der Waals surface area contributed by atoms with Crippen LogP contribution in [-0.2, 0) is 17.9 Å². The summed E-state index contributed by atoms with van der Waals surface area (Å²) in [7, 11) is 1.92. The monoisotopic (exact) mass is 322 g/mol. The van der Waals surface area contributed by atoms with Crippen molar-refractivity contribution < 1.29 is 4.79 Å². The molecular formula is C21H26N2O. The van der Waals surface area contributed by atoms with E-state index in [2.05, 4.69) is 41.3 Å². The predicted octanol–water partition coefficient (Wildman–Crippen LogP) is 3.56. The van der Waals surface area contributed by atoms with Gasteiger partial charge in [0, 0.05) is 26.7 Å². The molecule has 1 heterocycles. The summed E-state index contributed by atoms with van der Waals surface area (Å²) in [5.41, 5.74) is 2.51. The number of hydrogen-bond donors (Lipinski definition) is 0. The molecule has 0 unspecified atom stereocenters. The van der Waals surface area contributed by atoms with Gasteiger partial charge >= 0.3 is 0 Å². The van der Waals surface area contributed by atoms with Crippen LogP contribution >= 0.6 is 0 Å². The highest BCUT2D eigenvalue weighted by Crippen LogP contribution is 2.21.